The number of anilines is 1. The molecule has 5 nitrogen and oxygen atoms in total. The van der Waals surface area contributed by atoms with E-state index >= 15 is 0 Å². The van der Waals surface area contributed by atoms with Gasteiger partial charge < -0.3 is 15.8 Å². The van der Waals surface area contributed by atoms with Crippen molar-refractivity contribution in [3.63, 3.8) is 0 Å². The molecule has 1 unspecified atom stereocenters. The normalized spacial score (nSPS) is 20.5. The molecule has 0 saturated carbocycles. The smallest absolute Gasteiger partial charge is 0.406 e. The molecule has 142 valence electrons. The number of benzene rings is 1. The van der Waals surface area contributed by atoms with Crippen molar-refractivity contribution in [1.82, 2.24) is 4.90 Å². The van der Waals surface area contributed by atoms with Gasteiger partial charge in [-0.15, -0.1) is 25.6 Å². The van der Waals surface area contributed by atoms with Gasteiger partial charge in [0.2, 0.25) is 5.91 Å². The van der Waals surface area contributed by atoms with Crippen LogP contribution >= 0.6 is 12.4 Å². The Morgan fingerprint density at radius 2 is 1.96 bits per heavy atom. The Balaban J connectivity index is 0.00000312. The first-order valence-corrected chi connectivity index (χ1v) is 7.69. The second-order valence-corrected chi connectivity index (χ2v) is 6.71. The monoisotopic (exact) mass is 381 g/mol. The predicted molar refractivity (Wildman–Crippen MR) is 91.8 cm³/mol. The number of likely N-dealkylation sites (tertiary alicyclic amines) is 1. The van der Waals surface area contributed by atoms with Crippen LogP contribution in [0.3, 0.4) is 0 Å². The Morgan fingerprint density at radius 1 is 1.36 bits per heavy atom. The van der Waals surface area contributed by atoms with Crippen LogP contribution < -0.4 is 15.8 Å². The summed E-state index contributed by atoms with van der Waals surface area (Å²) in [5.41, 5.74) is 6.43. The van der Waals surface area contributed by atoms with Crippen molar-refractivity contribution in [2.75, 3.05) is 25.0 Å². The van der Waals surface area contributed by atoms with Crippen LogP contribution in [0.5, 0.6) is 5.75 Å². The van der Waals surface area contributed by atoms with Crippen LogP contribution in [0.1, 0.15) is 20.3 Å². The average Bonchev–Trinajstić information content (AvgIpc) is 2.43. The van der Waals surface area contributed by atoms with Gasteiger partial charge in [0.05, 0.1) is 6.54 Å². The van der Waals surface area contributed by atoms with Gasteiger partial charge in [-0.05, 0) is 36.1 Å². The van der Waals surface area contributed by atoms with Crippen molar-refractivity contribution < 1.29 is 22.7 Å². The topological polar surface area (TPSA) is 67.6 Å². The number of hydrogen-bond donors (Lipinski definition) is 2. The molecule has 1 amide bonds. The minimum atomic E-state index is -4.73. The van der Waals surface area contributed by atoms with Crippen LogP contribution in [0.4, 0.5) is 18.9 Å². The van der Waals surface area contributed by atoms with E-state index < -0.39 is 6.36 Å². The summed E-state index contributed by atoms with van der Waals surface area (Å²) >= 11 is 0. The van der Waals surface area contributed by atoms with Crippen molar-refractivity contribution in [1.29, 1.82) is 0 Å². The lowest BCUT2D eigenvalue weighted by Gasteiger charge is -2.42. The summed E-state index contributed by atoms with van der Waals surface area (Å²) in [5, 5.41) is 2.67. The van der Waals surface area contributed by atoms with E-state index in [4.69, 9.17) is 5.73 Å². The summed E-state index contributed by atoms with van der Waals surface area (Å²) in [5.74, 6) is -0.543. The number of halogens is 4. The van der Waals surface area contributed by atoms with Crippen molar-refractivity contribution in [2.24, 2.45) is 11.1 Å². The molecule has 1 saturated heterocycles. The summed E-state index contributed by atoms with van der Waals surface area (Å²) in [6.07, 6.45) is -3.91. The van der Waals surface area contributed by atoms with Crippen molar-refractivity contribution in [3.05, 3.63) is 24.3 Å². The van der Waals surface area contributed by atoms with Gasteiger partial charge in [-0.25, -0.2) is 0 Å². The zero-order chi connectivity index (χ0) is 18.0. The number of amides is 1. The van der Waals surface area contributed by atoms with Crippen molar-refractivity contribution in [2.45, 2.75) is 32.7 Å². The Kier molecular flexibility index (Phi) is 7.10. The fraction of sp³-hybridized carbons (Fsp3) is 0.562. The van der Waals surface area contributed by atoms with Crippen LogP contribution in [0.25, 0.3) is 0 Å². The fourth-order valence-electron chi connectivity index (χ4n) is 2.76. The van der Waals surface area contributed by atoms with Gasteiger partial charge in [0.25, 0.3) is 0 Å². The first-order valence-electron chi connectivity index (χ1n) is 7.69. The molecule has 2 rings (SSSR count). The summed E-state index contributed by atoms with van der Waals surface area (Å²) in [7, 11) is 0. The molecule has 0 aliphatic carbocycles. The van der Waals surface area contributed by atoms with Gasteiger partial charge in [-0.1, -0.05) is 13.8 Å². The summed E-state index contributed by atoms with van der Waals surface area (Å²) in [6, 6.07) is 5.17. The number of carbonyl (C=O) groups is 1. The fourth-order valence-corrected chi connectivity index (χ4v) is 2.76. The van der Waals surface area contributed by atoms with Crippen molar-refractivity contribution >= 4 is 24.0 Å². The molecule has 1 atom stereocenters. The largest absolute Gasteiger partial charge is 0.573 e. The van der Waals surface area contributed by atoms with E-state index in [0.29, 0.717) is 5.69 Å². The van der Waals surface area contributed by atoms with E-state index in [1.807, 2.05) is 4.90 Å². The van der Waals surface area contributed by atoms with E-state index in [9.17, 15) is 18.0 Å². The lowest BCUT2D eigenvalue weighted by atomic mass is 9.80. The molecular formula is C16H23ClF3N3O2. The highest BCUT2D eigenvalue weighted by Gasteiger charge is 2.34. The maximum absolute atomic E-state index is 12.1. The predicted octanol–water partition coefficient (Wildman–Crippen LogP) is 3.00. The quantitative estimate of drug-likeness (QED) is 0.841. The number of rotatable bonds is 4. The maximum atomic E-state index is 12.1. The Morgan fingerprint density at radius 3 is 2.48 bits per heavy atom. The summed E-state index contributed by atoms with van der Waals surface area (Å²) in [6.45, 7) is 5.83. The van der Waals surface area contributed by atoms with Crippen LogP contribution in [0.15, 0.2) is 24.3 Å². The van der Waals surface area contributed by atoms with Crippen molar-refractivity contribution in [3.8, 4) is 5.75 Å². The number of alkyl halides is 3. The molecule has 1 fully saturated rings. The highest BCUT2D eigenvalue weighted by Crippen LogP contribution is 2.27. The van der Waals surface area contributed by atoms with Crippen LogP contribution in [0, 0.1) is 5.41 Å². The first-order chi connectivity index (χ1) is 11.0. The first kappa shape index (κ1) is 21.5. The Bertz CT molecular complexity index is 579. The van der Waals surface area contributed by atoms with Crippen LogP contribution in [-0.4, -0.2) is 42.8 Å². The molecule has 0 spiro atoms. The van der Waals surface area contributed by atoms with Gasteiger partial charge in [-0.3, -0.25) is 9.69 Å². The number of carbonyl (C=O) groups excluding carboxylic acids is 1. The second kappa shape index (κ2) is 8.25. The van der Waals surface area contributed by atoms with E-state index in [-0.39, 0.29) is 42.1 Å². The van der Waals surface area contributed by atoms with E-state index in [1.54, 1.807) is 0 Å². The van der Waals surface area contributed by atoms with Gasteiger partial charge in [-0.2, -0.15) is 0 Å². The Hall–Kier alpha value is -1.51. The third-order valence-corrected chi connectivity index (χ3v) is 4.13. The van der Waals surface area contributed by atoms with E-state index in [2.05, 4.69) is 23.9 Å². The third kappa shape index (κ3) is 6.72. The van der Waals surface area contributed by atoms with Gasteiger partial charge in [0.15, 0.2) is 0 Å². The Labute approximate surface area is 151 Å². The number of nitrogens with one attached hydrogen (secondary N) is 1. The van der Waals surface area contributed by atoms with Crippen LogP contribution in [0.2, 0.25) is 0 Å². The highest BCUT2D eigenvalue weighted by molar-refractivity contribution is 5.92. The van der Waals surface area contributed by atoms with Gasteiger partial charge >= 0.3 is 6.36 Å². The molecule has 9 heteroatoms. The third-order valence-electron chi connectivity index (χ3n) is 4.13. The molecule has 0 radical (unpaired) electrons. The zero-order valence-corrected chi connectivity index (χ0v) is 14.9. The average molecular weight is 382 g/mol. The zero-order valence-electron chi connectivity index (χ0n) is 14.1. The lowest BCUT2D eigenvalue weighted by Crippen LogP contribution is -2.53. The number of hydrogen-bond acceptors (Lipinski definition) is 4. The summed E-state index contributed by atoms with van der Waals surface area (Å²) in [4.78, 5) is 14.1. The molecule has 0 aromatic heterocycles. The summed E-state index contributed by atoms with van der Waals surface area (Å²) < 4.78 is 40.1. The maximum Gasteiger partial charge on any atom is 0.573 e. The molecule has 1 heterocycles. The van der Waals surface area contributed by atoms with Gasteiger partial charge in [0.1, 0.15) is 5.75 Å². The van der Waals surface area contributed by atoms with Crippen LogP contribution in [-0.2, 0) is 4.79 Å². The molecule has 3 N–H and O–H groups in total. The number of ether oxygens (including phenoxy) is 1. The SMILES string of the molecule is CC1(C)CN(CC(=O)Nc2ccc(OC(F)(F)F)cc2)CCC1N.Cl. The second-order valence-electron chi connectivity index (χ2n) is 6.71. The minimum Gasteiger partial charge on any atom is -0.406 e. The lowest BCUT2D eigenvalue weighted by molar-refractivity contribution is -0.274. The number of nitrogens with two attached hydrogens (primary N) is 1. The molecular weight excluding hydrogens is 359 g/mol. The van der Waals surface area contributed by atoms with Gasteiger partial charge in [0, 0.05) is 24.8 Å². The standard InChI is InChI=1S/C16H22F3N3O2.ClH/c1-15(2)10-22(8-7-13(15)20)9-14(23)21-11-3-5-12(6-4-11)24-16(17,18)19;/h3-6,13H,7-10,20H2,1-2H3,(H,21,23);1H. The molecule has 1 aliphatic heterocycles. The number of piperidine rings is 1. The molecule has 1 aromatic rings. The molecule has 0 bridgehead atoms. The minimum absolute atomic E-state index is 0. The molecule has 25 heavy (non-hydrogen) atoms. The number of nitrogens with zero attached hydrogens (tertiary/aromatic N) is 1. The van der Waals surface area contributed by atoms with E-state index in [0.717, 1.165) is 31.6 Å². The van der Waals surface area contributed by atoms with E-state index in [1.165, 1.54) is 12.1 Å². The molecule has 1 aliphatic rings. The molecule has 1 aromatic carbocycles. The highest BCUT2D eigenvalue weighted by atomic mass is 35.5.